The number of benzene rings is 2. The van der Waals surface area contributed by atoms with E-state index in [9.17, 15) is 15.0 Å². The lowest BCUT2D eigenvalue weighted by molar-refractivity contribution is 0.313. The number of piperazine rings is 1. The first-order chi connectivity index (χ1) is 13.5. The zero-order chi connectivity index (χ0) is 19.8. The summed E-state index contributed by atoms with van der Waals surface area (Å²) in [4.78, 5) is 17.2. The number of likely N-dealkylation sites (N-methyl/N-ethyl adjacent to an activating group) is 1. The highest BCUT2D eigenvalue weighted by Crippen LogP contribution is 2.40. The van der Waals surface area contributed by atoms with E-state index < -0.39 is 5.43 Å². The van der Waals surface area contributed by atoms with Gasteiger partial charge in [-0.05, 0) is 31.3 Å². The highest BCUT2D eigenvalue weighted by Gasteiger charge is 2.19. The van der Waals surface area contributed by atoms with Crippen LogP contribution in [-0.2, 0) is 0 Å². The van der Waals surface area contributed by atoms with Gasteiger partial charge in [0, 0.05) is 49.6 Å². The summed E-state index contributed by atoms with van der Waals surface area (Å²) >= 11 is 0. The van der Waals surface area contributed by atoms with Gasteiger partial charge in [-0.3, -0.25) is 4.79 Å². The van der Waals surface area contributed by atoms with Crippen molar-refractivity contribution in [3.8, 4) is 28.6 Å². The van der Waals surface area contributed by atoms with Gasteiger partial charge in [-0.15, -0.1) is 0 Å². The van der Waals surface area contributed by atoms with Crippen LogP contribution in [0.3, 0.4) is 0 Å². The van der Waals surface area contributed by atoms with Crippen LogP contribution in [0.1, 0.15) is 0 Å². The molecule has 0 saturated carbocycles. The fourth-order valence-corrected chi connectivity index (χ4v) is 3.52. The van der Waals surface area contributed by atoms with Gasteiger partial charge in [0.05, 0.1) is 7.11 Å². The number of methoxy groups -OCH3 is 1. The van der Waals surface area contributed by atoms with E-state index in [4.69, 9.17) is 9.15 Å². The fraction of sp³-hybridized carbons (Fsp3) is 0.286. The molecule has 1 aliphatic rings. The van der Waals surface area contributed by atoms with E-state index >= 15 is 0 Å². The molecule has 2 aromatic carbocycles. The van der Waals surface area contributed by atoms with Crippen LogP contribution in [0.25, 0.3) is 22.3 Å². The van der Waals surface area contributed by atoms with E-state index in [1.165, 1.54) is 13.2 Å². The lowest BCUT2D eigenvalue weighted by atomic mass is 10.1. The van der Waals surface area contributed by atoms with Crippen LogP contribution in [0, 0.1) is 0 Å². The molecule has 0 unspecified atom stereocenters. The van der Waals surface area contributed by atoms with Gasteiger partial charge < -0.3 is 29.2 Å². The van der Waals surface area contributed by atoms with Crippen molar-refractivity contribution in [1.82, 2.24) is 4.90 Å². The molecule has 0 spiro atoms. The smallest absolute Gasteiger partial charge is 0.204 e. The van der Waals surface area contributed by atoms with Crippen molar-refractivity contribution in [2.75, 3.05) is 45.2 Å². The van der Waals surface area contributed by atoms with Crippen molar-refractivity contribution in [2.45, 2.75) is 0 Å². The predicted molar refractivity (Wildman–Crippen MR) is 108 cm³/mol. The minimum atomic E-state index is -0.407. The third-order valence-electron chi connectivity index (χ3n) is 5.14. The van der Waals surface area contributed by atoms with E-state index in [2.05, 4.69) is 16.8 Å². The zero-order valence-corrected chi connectivity index (χ0v) is 15.8. The molecule has 0 aliphatic carbocycles. The summed E-state index contributed by atoms with van der Waals surface area (Å²) in [5.74, 6) is -0.288. The average molecular weight is 382 g/mol. The fourth-order valence-electron chi connectivity index (χ4n) is 3.52. The topological polar surface area (TPSA) is 86.4 Å². The molecule has 4 rings (SSSR count). The molecule has 7 nitrogen and oxygen atoms in total. The third-order valence-corrected chi connectivity index (χ3v) is 5.14. The molecule has 7 heteroatoms. The van der Waals surface area contributed by atoms with Crippen molar-refractivity contribution < 1.29 is 19.4 Å². The Morgan fingerprint density at radius 1 is 1.00 bits per heavy atom. The molecule has 0 bridgehead atoms. The number of ether oxygens (including phenoxy) is 1. The molecule has 0 amide bonds. The highest BCUT2D eigenvalue weighted by atomic mass is 16.5. The van der Waals surface area contributed by atoms with Crippen LogP contribution >= 0.6 is 0 Å². The molecule has 0 radical (unpaired) electrons. The maximum atomic E-state index is 12.5. The highest BCUT2D eigenvalue weighted by molar-refractivity contribution is 5.91. The van der Waals surface area contributed by atoms with Gasteiger partial charge in [0.15, 0.2) is 16.8 Å². The van der Waals surface area contributed by atoms with Gasteiger partial charge in [0.1, 0.15) is 16.9 Å². The first-order valence-corrected chi connectivity index (χ1v) is 9.08. The van der Waals surface area contributed by atoms with Crippen LogP contribution in [0.4, 0.5) is 5.69 Å². The van der Waals surface area contributed by atoms with Crippen molar-refractivity contribution in [1.29, 1.82) is 0 Å². The summed E-state index contributed by atoms with van der Waals surface area (Å²) < 4.78 is 11.0. The lowest BCUT2D eigenvalue weighted by Crippen LogP contribution is -2.44. The number of phenols is 2. The Labute approximate surface area is 162 Å². The third kappa shape index (κ3) is 3.14. The first-order valence-electron chi connectivity index (χ1n) is 9.08. The van der Waals surface area contributed by atoms with Gasteiger partial charge >= 0.3 is 0 Å². The molecular formula is C21H22N2O5. The number of hydrogen-bond acceptors (Lipinski definition) is 7. The van der Waals surface area contributed by atoms with E-state index in [-0.39, 0.29) is 28.2 Å². The number of aromatic hydroxyl groups is 2. The quantitative estimate of drug-likeness (QED) is 0.720. The number of nitrogens with zero attached hydrogens (tertiary/aromatic N) is 2. The summed E-state index contributed by atoms with van der Waals surface area (Å²) in [6, 6.07) is 10.2. The predicted octanol–water partition coefficient (Wildman–Crippen LogP) is 2.63. The largest absolute Gasteiger partial charge is 0.507 e. The van der Waals surface area contributed by atoms with Crippen LogP contribution in [-0.4, -0.2) is 55.4 Å². The normalized spacial score (nSPS) is 15.1. The van der Waals surface area contributed by atoms with E-state index in [0.717, 1.165) is 43.5 Å². The number of fused-ring (bicyclic) bond motifs is 1. The average Bonchev–Trinajstić information content (AvgIpc) is 2.68. The molecule has 1 aromatic heterocycles. The molecule has 2 heterocycles. The Kier molecular flexibility index (Phi) is 4.60. The van der Waals surface area contributed by atoms with Gasteiger partial charge in [0.2, 0.25) is 5.75 Å². The molecular weight excluding hydrogens is 360 g/mol. The summed E-state index contributed by atoms with van der Waals surface area (Å²) in [6.45, 7) is 3.98. The number of anilines is 1. The molecule has 146 valence electrons. The standard InChI is InChI=1S/C21H22N2O5/c1-22-7-9-23(10-8-22)14-5-3-13(4-6-14)18-12-16(25)19-15(24)11-17(26)20(27-2)21(19)28-18/h3-6,11-12,24,26H,7-10H2,1-2H3. The number of hydrogen-bond donors (Lipinski definition) is 2. The van der Waals surface area contributed by atoms with Gasteiger partial charge in [-0.2, -0.15) is 0 Å². The monoisotopic (exact) mass is 382 g/mol. The summed E-state index contributed by atoms with van der Waals surface area (Å²) in [5.41, 5.74) is 1.45. The second kappa shape index (κ2) is 7.09. The Bertz CT molecular complexity index is 1070. The Morgan fingerprint density at radius 3 is 2.32 bits per heavy atom. The molecule has 1 fully saturated rings. The van der Waals surface area contributed by atoms with Gasteiger partial charge in [-0.1, -0.05) is 0 Å². The van der Waals surface area contributed by atoms with Crippen molar-refractivity contribution in [3.05, 3.63) is 46.6 Å². The van der Waals surface area contributed by atoms with Gasteiger partial charge in [0.25, 0.3) is 0 Å². The summed E-state index contributed by atoms with van der Waals surface area (Å²) in [5, 5.41) is 20.0. The summed E-state index contributed by atoms with van der Waals surface area (Å²) in [7, 11) is 3.48. The zero-order valence-electron chi connectivity index (χ0n) is 15.8. The van der Waals surface area contributed by atoms with Crippen LogP contribution in [0.2, 0.25) is 0 Å². The molecule has 2 N–H and O–H groups in total. The second-order valence-corrected chi connectivity index (χ2v) is 6.96. The van der Waals surface area contributed by atoms with Crippen molar-refractivity contribution >= 4 is 16.7 Å². The van der Waals surface area contributed by atoms with E-state index in [1.54, 1.807) is 0 Å². The molecule has 3 aromatic rings. The Balaban J connectivity index is 1.74. The second-order valence-electron chi connectivity index (χ2n) is 6.96. The molecule has 1 saturated heterocycles. The van der Waals surface area contributed by atoms with Crippen LogP contribution in [0.5, 0.6) is 17.2 Å². The SMILES string of the molecule is COc1c(O)cc(O)c2c(=O)cc(-c3ccc(N4CCN(C)CC4)cc3)oc12. The van der Waals surface area contributed by atoms with Crippen LogP contribution in [0.15, 0.2) is 45.6 Å². The maximum absolute atomic E-state index is 12.5. The first kappa shape index (κ1) is 18.2. The van der Waals surface area contributed by atoms with Crippen molar-refractivity contribution in [2.24, 2.45) is 0 Å². The lowest BCUT2D eigenvalue weighted by Gasteiger charge is -2.34. The van der Waals surface area contributed by atoms with E-state index in [0.29, 0.717) is 5.76 Å². The molecule has 0 atom stereocenters. The number of rotatable bonds is 3. The number of phenolic OH excluding ortho intramolecular Hbond substituents is 2. The minimum Gasteiger partial charge on any atom is -0.507 e. The Morgan fingerprint density at radius 2 is 1.68 bits per heavy atom. The van der Waals surface area contributed by atoms with Crippen LogP contribution < -0.4 is 15.1 Å². The van der Waals surface area contributed by atoms with Gasteiger partial charge in [-0.25, -0.2) is 0 Å². The Hall–Kier alpha value is -3.19. The molecule has 1 aliphatic heterocycles. The van der Waals surface area contributed by atoms with E-state index in [1.807, 2.05) is 24.3 Å². The van der Waals surface area contributed by atoms with Crippen molar-refractivity contribution in [3.63, 3.8) is 0 Å². The summed E-state index contributed by atoms with van der Waals surface area (Å²) in [6.07, 6.45) is 0. The molecule has 28 heavy (non-hydrogen) atoms. The maximum Gasteiger partial charge on any atom is 0.204 e. The minimum absolute atomic E-state index is 0.0146.